The van der Waals surface area contributed by atoms with Crippen molar-refractivity contribution in [3.05, 3.63) is 22.4 Å². The average molecular weight is 285 g/mol. The van der Waals surface area contributed by atoms with Crippen LogP contribution in [0.1, 0.15) is 6.92 Å². The fourth-order valence-electron chi connectivity index (χ4n) is 1.77. The van der Waals surface area contributed by atoms with Gasteiger partial charge in [0.1, 0.15) is 6.54 Å². The molecule has 0 aliphatic rings. The van der Waals surface area contributed by atoms with E-state index in [0.717, 1.165) is 0 Å². The molecule has 9 heteroatoms. The molecule has 0 radical (unpaired) electrons. The monoisotopic (exact) mass is 285 g/mol. The summed E-state index contributed by atoms with van der Waals surface area (Å²) in [6.45, 7) is 1.98. The van der Waals surface area contributed by atoms with Crippen LogP contribution in [-0.2, 0) is 11.3 Å². The van der Waals surface area contributed by atoms with E-state index >= 15 is 0 Å². The van der Waals surface area contributed by atoms with Gasteiger partial charge in [-0.1, -0.05) is 0 Å². The van der Waals surface area contributed by atoms with E-state index in [4.69, 9.17) is 0 Å². The number of hydrogen-bond acceptors (Lipinski definition) is 6. The summed E-state index contributed by atoms with van der Waals surface area (Å²) in [5, 5.41) is 26.7. The molecule has 1 aromatic heterocycles. The number of amides is 1. The van der Waals surface area contributed by atoms with Gasteiger partial charge in [-0.05, 0) is 25.9 Å². The number of hydrogen-bond donors (Lipinski definition) is 2. The maximum Gasteiger partial charge on any atom is 0.389 e. The van der Waals surface area contributed by atoms with Crippen molar-refractivity contribution in [3.63, 3.8) is 0 Å². The Morgan fingerprint density at radius 2 is 2.30 bits per heavy atom. The normalized spacial score (nSPS) is 14.1. The number of nitro groups is 1. The van der Waals surface area contributed by atoms with Crippen LogP contribution in [0.2, 0.25) is 0 Å². The highest BCUT2D eigenvalue weighted by atomic mass is 16.6. The van der Waals surface area contributed by atoms with Crippen LogP contribution in [-0.4, -0.2) is 63.4 Å². The van der Waals surface area contributed by atoms with Crippen molar-refractivity contribution in [1.29, 1.82) is 0 Å². The van der Waals surface area contributed by atoms with E-state index in [0.29, 0.717) is 6.54 Å². The molecule has 1 heterocycles. The number of rotatable bonds is 7. The minimum Gasteiger partial charge on any atom is -0.387 e. The zero-order chi connectivity index (χ0) is 15.3. The standard InChI is InChI=1S/C11H19N5O4/c1-11(18,8-14(2)3)7-12-10(17)6-15-5-4-9(13-15)16(19)20/h4-5,18H,6-8H2,1-3H3,(H,12,17). The van der Waals surface area contributed by atoms with E-state index in [2.05, 4.69) is 10.4 Å². The Morgan fingerprint density at radius 3 is 2.80 bits per heavy atom. The first-order valence-corrected chi connectivity index (χ1v) is 6.01. The van der Waals surface area contributed by atoms with Gasteiger partial charge in [-0.25, -0.2) is 0 Å². The van der Waals surface area contributed by atoms with E-state index < -0.39 is 10.5 Å². The molecule has 9 nitrogen and oxygen atoms in total. The van der Waals surface area contributed by atoms with Crippen LogP contribution in [0.25, 0.3) is 0 Å². The maximum atomic E-state index is 11.7. The second-order valence-electron chi connectivity index (χ2n) is 5.14. The minimum absolute atomic E-state index is 0.0906. The number of aliphatic hydroxyl groups is 1. The lowest BCUT2D eigenvalue weighted by atomic mass is 10.1. The van der Waals surface area contributed by atoms with Crippen LogP contribution in [0.3, 0.4) is 0 Å². The number of carbonyl (C=O) groups is 1. The van der Waals surface area contributed by atoms with Crippen molar-refractivity contribution in [1.82, 2.24) is 20.0 Å². The molecule has 1 rings (SSSR count). The van der Waals surface area contributed by atoms with Gasteiger partial charge in [-0.3, -0.25) is 4.79 Å². The minimum atomic E-state index is -1.05. The van der Waals surface area contributed by atoms with Crippen molar-refractivity contribution in [2.24, 2.45) is 0 Å². The highest BCUT2D eigenvalue weighted by Gasteiger charge is 2.22. The van der Waals surface area contributed by atoms with Crippen molar-refractivity contribution in [2.45, 2.75) is 19.1 Å². The van der Waals surface area contributed by atoms with E-state index in [-0.39, 0.29) is 24.8 Å². The molecule has 0 bridgehead atoms. The summed E-state index contributed by atoms with van der Waals surface area (Å²) in [5.41, 5.74) is -1.05. The highest BCUT2D eigenvalue weighted by molar-refractivity contribution is 5.75. The number of nitrogens with one attached hydrogen (secondary N) is 1. The summed E-state index contributed by atoms with van der Waals surface area (Å²) in [4.78, 5) is 23.3. The van der Waals surface area contributed by atoms with Gasteiger partial charge < -0.3 is 25.4 Å². The smallest absolute Gasteiger partial charge is 0.387 e. The Balaban J connectivity index is 2.45. The number of carbonyl (C=O) groups excluding carboxylic acids is 1. The maximum absolute atomic E-state index is 11.7. The summed E-state index contributed by atoms with van der Waals surface area (Å²) < 4.78 is 1.17. The van der Waals surface area contributed by atoms with Crippen molar-refractivity contribution in [3.8, 4) is 0 Å². The van der Waals surface area contributed by atoms with Crippen LogP contribution >= 0.6 is 0 Å². The van der Waals surface area contributed by atoms with Crippen LogP contribution in [0, 0.1) is 10.1 Å². The first kappa shape index (κ1) is 16.1. The molecule has 0 spiro atoms. The molecule has 0 saturated heterocycles. The molecule has 0 fully saturated rings. The first-order chi connectivity index (χ1) is 9.19. The zero-order valence-electron chi connectivity index (χ0n) is 11.7. The lowest BCUT2D eigenvalue weighted by molar-refractivity contribution is -0.389. The van der Waals surface area contributed by atoms with Gasteiger partial charge >= 0.3 is 5.82 Å². The van der Waals surface area contributed by atoms with Crippen LogP contribution < -0.4 is 5.32 Å². The second kappa shape index (κ2) is 6.44. The first-order valence-electron chi connectivity index (χ1n) is 6.01. The summed E-state index contributed by atoms with van der Waals surface area (Å²) in [7, 11) is 3.64. The van der Waals surface area contributed by atoms with E-state index in [9.17, 15) is 20.0 Å². The quantitative estimate of drug-likeness (QED) is 0.502. The summed E-state index contributed by atoms with van der Waals surface area (Å²) in [6.07, 6.45) is 1.36. The fraction of sp³-hybridized carbons (Fsp3) is 0.636. The van der Waals surface area contributed by atoms with Crippen molar-refractivity contribution < 1.29 is 14.8 Å². The molecule has 1 atom stereocenters. The summed E-state index contributed by atoms with van der Waals surface area (Å²) in [5.74, 6) is -0.681. The highest BCUT2D eigenvalue weighted by Crippen LogP contribution is 2.05. The largest absolute Gasteiger partial charge is 0.389 e. The second-order valence-corrected chi connectivity index (χ2v) is 5.14. The third-order valence-corrected chi connectivity index (χ3v) is 2.44. The van der Waals surface area contributed by atoms with Gasteiger partial charge in [0, 0.05) is 13.1 Å². The zero-order valence-corrected chi connectivity index (χ0v) is 11.7. The third-order valence-electron chi connectivity index (χ3n) is 2.44. The van der Waals surface area contributed by atoms with Gasteiger partial charge in [0.2, 0.25) is 5.91 Å². The lowest BCUT2D eigenvalue weighted by Crippen LogP contribution is -2.47. The molecule has 0 saturated carbocycles. The van der Waals surface area contributed by atoms with Crippen molar-refractivity contribution >= 4 is 11.7 Å². The number of aromatic nitrogens is 2. The van der Waals surface area contributed by atoms with E-state index in [1.165, 1.54) is 16.9 Å². The Hall–Kier alpha value is -2.00. The molecular weight excluding hydrogens is 266 g/mol. The van der Waals surface area contributed by atoms with Gasteiger partial charge in [-0.15, -0.1) is 0 Å². The Morgan fingerprint density at radius 1 is 1.65 bits per heavy atom. The van der Waals surface area contributed by atoms with Crippen LogP contribution in [0.15, 0.2) is 12.3 Å². The molecule has 2 N–H and O–H groups in total. The molecule has 0 aliphatic heterocycles. The summed E-state index contributed by atoms with van der Waals surface area (Å²) in [6, 6.07) is 1.22. The molecule has 0 aliphatic carbocycles. The summed E-state index contributed by atoms with van der Waals surface area (Å²) >= 11 is 0. The number of likely N-dealkylation sites (N-methyl/N-ethyl adjacent to an activating group) is 1. The fourth-order valence-corrected chi connectivity index (χ4v) is 1.77. The van der Waals surface area contributed by atoms with Gasteiger partial charge in [0.05, 0.1) is 23.0 Å². The van der Waals surface area contributed by atoms with Gasteiger partial charge in [-0.2, -0.15) is 4.68 Å². The number of nitrogens with zero attached hydrogens (tertiary/aromatic N) is 4. The lowest BCUT2D eigenvalue weighted by Gasteiger charge is -2.26. The molecule has 112 valence electrons. The molecule has 20 heavy (non-hydrogen) atoms. The van der Waals surface area contributed by atoms with Crippen LogP contribution in [0.5, 0.6) is 0 Å². The molecule has 0 aromatic carbocycles. The third kappa shape index (κ3) is 5.33. The molecule has 1 unspecified atom stereocenters. The van der Waals surface area contributed by atoms with Gasteiger partial charge in [0.15, 0.2) is 0 Å². The van der Waals surface area contributed by atoms with E-state index in [1.54, 1.807) is 6.92 Å². The average Bonchev–Trinajstić information content (AvgIpc) is 2.73. The van der Waals surface area contributed by atoms with Crippen LogP contribution in [0.4, 0.5) is 5.82 Å². The molecule has 1 aromatic rings. The molecule has 1 amide bonds. The Labute approximate surface area is 116 Å². The molecular formula is C11H19N5O4. The van der Waals surface area contributed by atoms with Gasteiger partial charge in [0.25, 0.3) is 0 Å². The van der Waals surface area contributed by atoms with E-state index in [1.807, 2.05) is 19.0 Å². The predicted octanol–water partition coefficient (Wildman–Crippen LogP) is -0.780. The topological polar surface area (TPSA) is 114 Å². The predicted molar refractivity (Wildman–Crippen MR) is 71.1 cm³/mol. The van der Waals surface area contributed by atoms with Crippen molar-refractivity contribution in [2.75, 3.05) is 27.2 Å². The Bertz CT molecular complexity index is 483. The SMILES string of the molecule is CN(C)CC(C)(O)CNC(=O)Cn1ccc([N+](=O)[O-])n1. The Kier molecular flexibility index (Phi) is 5.17.